The van der Waals surface area contributed by atoms with E-state index in [9.17, 15) is 13.6 Å². The largest absolute Gasteiger partial charge is 0.618 e. The third kappa shape index (κ3) is 6.46. The van der Waals surface area contributed by atoms with Gasteiger partial charge in [-0.05, 0) is 76.6 Å². The minimum Gasteiger partial charge on any atom is -0.618 e. The van der Waals surface area contributed by atoms with Crippen molar-refractivity contribution >= 4 is 21.6 Å². The van der Waals surface area contributed by atoms with Gasteiger partial charge in [-0.25, -0.2) is 12.7 Å². The summed E-state index contributed by atoms with van der Waals surface area (Å²) in [5.41, 5.74) is 6.10. The van der Waals surface area contributed by atoms with Gasteiger partial charge in [-0.3, -0.25) is 0 Å². The number of nitrogens with zero attached hydrogens (tertiary/aromatic N) is 6. The van der Waals surface area contributed by atoms with Crippen LogP contribution in [0.1, 0.15) is 47.1 Å². The number of rotatable bonds is 8. The molecular weight excluding hydrogens is 584 g/mol. The summed E-state index contributed by atoms with van der Waals surface area (Å²) in [6.07, 6.45) is 6.52. The highest BCUT2D eigenvalue weighted by molar-refractivity contribution is 7.88. The zero-order valence-electron chi connectivity index (χ0n) is 23.6. The van der Waals surface area contributed by atoms with Crippen molar-refractivity contribution in [2.45, 2.75) is 31.1 Å². The Kier molecular flexibility index (Phi) is 8.25. The summed E-state index contributed by atoms with van der Waals surface area (Å²) in [5, 5.41) is 25.8. The molecule has 1 unspecified atom stereocenters. The van der Waals surface area contributed by atoms with Gasteiger partial charge in [0.1, 0.15) is 6.33 Å². The van der Waals surface area contributed by atoms with Crippen molar-refractivity contribution in [3.05, 3.63) is 130 Å². The zero-order valence-corrected chi connectivity index (χ0v) is 25.2. The van der Waals surface area contributed by atoms with E-state index in [4.69, 9.17) is 11.6 Å². The number of piperidine rings is 1. The van der Waals surface area contributed by atoms with Gasteiger partial charge in [0.05, 0.1) is 17.9 Å². The number of benzene rings is 3. The predicted molar refractivity (Wildman–Crippen MR) is 165 cm³/mol. The quantitative estimate of drug-likeness (QED) is 0.177. The molecule has 1 fully saturated rings. The molecule has 0 bridgehead atoms. The first kappa shape index (κ1) is 29.0. The fraction of sp³-hybridized carbons (Fsp3) is 0.250. The molecule has 1 aliphatic heterocycles. The first-order valence-corrected chi connectivity index (χ1v) is 16.3. The van der Waals surface area contributed by atoms with Gasteiger partial charge in [0.25, 0.3) is 0 Å². The summed E-state index contributed by atoms with van der Waals surface area (Å²) < 4.78 is 28.1. The molecule has 1 saturated heterocycles. The lowest BCUT2D eigenvalue weighted by atomic mass is 9.84. The van der Waals surface area contributed by atoms with Crippen molar-refractivity contribution in [1.29, 1.82) is 0 Å². The van der Waals surface area contributed by atoms with Gasteiger partial charge in [0.15, 0.2) is 6.20 Å². The predicted octanol–water partition coefficient (Wildman–Crippen LogP) is 5.13. The number of halogens is 1. The summed E-state index contributed by atoms with van der Waals surface area (Å²) in [6, 6.07) is 27.8. The van der Waals surface area contributed by atoms with E-state index in [1.54, 1.807) is 27.3 Å². The van der Waals surface area contributed by atoms with E-state index >= 15 is 0 Å². The van der Waals surface area contributed by atoms with Crippen LogP contribution in [-0.2, 0) is 16.4 Å². The summed E-state index contributed by atoms with van der Waals surface area (Å²) >= 11 is 6.35. The van der Waals surface area contributed by atoms with Crippen LogP contribution >= 0.6 is 11.6 Å². The second-order valence-corrected chi connectivity index (χ2v) is 13.4. The van der Waals surface area contributed by atoms with E-state index in [1.807, 2.05) is 42.5 Å². The molecule has 1 aliphatic rings. The van der Waals surface area contributed by atoms with E-state index in [-0.39, 0.29) is 11.8 Å². The van der Waals surface area contributed by atoms with E-state index in [2.05, 4.69) is 45.9 Å². The molecule has 2 aromatic heterocycles. The Morgan fingerprint density at radius 2 is 1.79 bits per heavy atom. The van der Waals surface area contributed by atoms with Gasteiger partial charge in [0.2, 0.25) is 15.7 Å². The molecule has 0 saturated carbocycles. The molecule has 0 aliphatic carbocycles. The van der Waals surface area contributed by atoms with Crippen LogP contribution in [0.3, 0.4) is 0 Å². The molecule has 9 nitrogen and oxygen atoms in total. The summed E-state index contributed by atoms with van der Waals surface area (Å²) in [7, 11) is -3.19. The second kappa shape index (κ2) is 12.2. The summed E-state index contributed by atoms with van der Waals surface area (Å²) in [4.78, 5) is 0. The molecule has 11 heteroatoms. The molecule has 3 heterocycles. The number of hydrogen-bond donors (Lipinski definition) is 0. The Labute approximate surface area is 256 Å². The molecule has 6 rings (SSSR count). The molecule has 0 amide bonds. The van der Waals surface area contributed by atoms with E-state index < -0.39 is 10.0 Å². The van der Waals surface area contributed by atoms with Crippen molar-refractivity contribution in [1.82, 2.24) is 24.5 Å². The summed E-state index contributed by atoms with van der Waals surface area (Å²) in [6.45, 7) is 1.03. The van der Waals surface area contributed by atoms with Gasteiger partial charge >= 0.3 is 0 Å². The van der Waals surface area contributed by atoms with Crippen LogP contribution in [0.2, 0.25) is 5.02 Å². The van der Waals surface area contributed by atoms with Gasteiger partial charge < -0.3 is 5.21 Å². The van der Waals surface area contributed by atoms with E-state index in [1.165, 1.54) is 18.1 Å². The van der Waals surface area contributed by atoms with Crippen LogP contribution in [0, 0.1) is 5.21 Å². The highest BCUT2D eigenvalue weighted by Crippen LogP contribution is 2.35. The second-order valence-electron chi connectivity index (χ2n) is 10.9. The topological polar surface area (TPSA) is 108 Å². The van der Waals surface area contributed by atoms with E-state index in [0.717, 1.165) is 34.3 Å². The SMILES string of the molecule is CS(=O)(=O)N1CCC(c2cccc(C(Cc3ccccc3)c3ccc(-c4cc(Cl)ccc4-n4cnnn4)c[n+]3[O-])c2)CC1. The van der Waals surface area contributed by atoms with Crippen LogP contribution in [0.15, 0.2) is 97.5 Å². The minimum absolute atomic E-state index is 0.205. The molecule has 220 valence electrons. The third-order valence-corrected chi connectivity index (χ3v) is 9.70. The van der Waals surface area contributed by atoms with Crippen molar-refractivity contribution in [2.75, 3.05) is 19.3 Å². The normalized spacial score (nSPS) is 15.4. The van der Waals surface area contributed by atoms with Gasteiger partial charge in [-0.1, -0.05) is 66.2 Å². The van der Waals surface area contributed by atoms with Crippen LogP contribution in [-0.4, -0.2) is 52.3 Å². The van der Waals surface area contributed by atoms with Crippen LogP contribution in [0.25, 0.3) is 16.8 Å². The number of sulfonamides is 1. The standard InChI is InChI=1S/C32H31ClN6O3S/c1-43(41,42)37-16-14-24(15-17-37)25-8-5-9-26(19-25)29(18-23-6-3-2-4-7-23)32-12-10-27(21-39(32)40)30-20-28(33)11-13-31(30)38-22-34-35-36-38/h2-13,19-22,24,29H,14-18H2,1H3. The Bertz CT molecular complexity index is 1830. The van der Waals surface area contributed by atoms with Crippen molar-refractivity contribution < 1.29 is 13.1 Å². The van der Waals surface area contributed by atoms with Gasteiger partial charge in [-0.2, -0.15) is 9.41 Å². The lowest BCUT2D eigenvalue weighted by molar-refractivity contribution is -0.614. The van der Waals surface area contributed by atoms with Crippen molar-refractivity contribution in [3.63, 3.8) is 0 Å². The Morgan fingerprint density at radius 3 is 2.49 bits per heavy atom. The highest BCUT2D eigenvalue weighted by atomic mass is 35.5. The highest BCUT2D eigenvalue weighted by Gasteiger charge is 2.28. The average Bonchev–Trinajstić information content (AvgIpc) is 3.55. The maximum absolute atomic E-state index is 13.8. The smallest absolute Gasteiger partial charge is 0.211 e. The Hall–Kier alpha value is -4.12. The van der Waals surface area contributed by atoms with Crippen LogP contribution in [0.5, 0.6) is 0 Å². The maximum atomic E-state index is 13.8. The first-order chi connectivity index (χ1) is 20.8. The van der Waals surface area contributed by atoms with Crippen molar-refractivity contribution in [3.8, 4) is 16.8 Å². The average molecular weight is 615 g/mol. The van der Waals surface area contributed by atoms with E-state index in [0.29, 0.717) is 41.5 Å². The number of hydrogen-bond acceptors (Lipinski definition) is 6. The molecule has 0 N–H and O–H groups in total. The number of tetrazole rings is 1. The van der Waals surface area contributed by atoms with Gasteiger partial charge in [0, 0.05) is 35.3 Å². The lowest BCUT2D eigenvalue weighted by Crippen LogP contribution is -2.37. The third-order valence-electron chi connectivity index (χ3n) is 8.16. The molecule has 0 spiro atoms. The number of aromatic nitrogens is 5. The molecule has 5 aromatic rings. The molecule has 1 atom stereocenters. The fourth-order valence-corrected chi connectivity index (χ4v) is 6.97. The zero-order chi connectivity index (χ0) is 30.0. The van der Waals surface area contributed by atoms with Crippen LogP contribution < -0.4 is 4.73 Å². The monoisotopic (exact) mass is 614 g/mol. The van der Waals surface area contributed by atoms with Crippen molar-refractivity contribution in [2.24, 2.45) is 0 Å². The van der Waals surface area contributed by atoms with Crippen LogP contribution in [0.4, 0.5) is 0 Å². The molecule has 0 radical (unpaired) electrons. The fourth-order valence-electron chi connectivity index (χ4n) is 5.93. The molecule has 3 aromatic carbocycles. The molecule has 43 heavy (non-hydrogen) atoms. The van der Waals surface area contributed by atoms with Gasteiger partial charge in [-0.15, -0.1) is 5.10 Å². The maximum Gasteiger partial charge on any atom is 0.211 e. The molecular formula is C32H31ClN6O3S. The minimum atomic E-state index is -3.19. The number of pyridine rings is 1. The Morgan fingerprint density at radius 1 is 1.00 bits per heavy atom. The first-order valence-electron chi connectivity index (χ1n) is 14.1. The summed E-state index contributed by atoms with van der Waals surface area (Å²) in [5.74, 6) is 0.0490. The Balaban J connectivity index is 1.36. The lowest BCUT2D eigenvalue weighted by Gasteiger charge is -2.30.